The molecule has 5 rings (SSSR count). The number of likely N-dealkylation sites (tertiary alicyclic amines) is 1. The molecule has 178 valence electrons. The van der Waals surface area contributed by atoms with E-state index in [4.69, 9.17) is 5.73 Å². The summed E-state index contributed by atoms with van der Waals surface area (Å²) in [6, 6.07) is 6.86. The van der Waals surface area contributed by atoms with Crippen LogP contribution in [0, 0.1) is 0 Å². The van der Waals surface area contributed by atoms with Crippen LogP contribution in [-0.4, -0.2) is 64.8 Å². The third-order valence-electron chi connectivity index (χ3n) is 8.05. The maximum absolute atomic E-state index is 13.0. The third-order valence-corrected chi connectivity index (χ3v) is 8.05. The van der Waals surface area contributed by atoms with Crippen molar-refractivity contribution in [1.29, 1.82) is 0 Å². The Hall–Kier alpha value is -2.29. The number of imide groups is 1. The number of amides is 3. The summed E-state index contributed by atoms with van der Waals surface area (Å²) < 4.78 is 0. The summed E-state index contributed by atoms with van der Waals surface area (Å²) in [6.45, 7) is 3.42. The number of nitrogens with one attached hydrogen (secondary N) is 2. The van der Waals surface area contributed by atoms with E-state index in [1.54, 1.807) is 4.90 Å². The molecule has 8 heteroatoms. The van der Waals surface area contributed by atoms with E-state index in [2.05, 4.69) is 21.6 Å². The number of carbonyl (C=O) groups excluding carboxylic acids is 3. The first-order chi connectivity index (χ1) is 16.0. The second kappa shape index (κ2) is 9.52. The zero-order valence-electron chi connectivity index (χ0n) is 19.2. The number of piperidine rings is 2. The van der Waals surface area contributed by atoms with Crippen LogP contribution in [0.2, 0.25) is 0 Å². The van der Waals surface area contributed by atoms with E-state index in [0.29, 0.717) is 36.7 Å². The molecule has 0 aromatic heterocycles. The molecule has 33 heavy (non-hydrogen) atoms. The Balaban J connectivity index is 1.17. The molecule has 1 aromatic rings. The topological polar surface area (TPSA) is 108 Å². The van der Waals surface area contributed by atoms with Gasteiger partial charge in [0.15, 0.2) is 0 Å². The molecule has 3 amide bonds. The Morgan fingerprint density at radius 3 is 2.48 bits per heavy atom. The van der Waals surface area contributed by atoms with Gasteiger partial charge in [-0.05, 0) is 75.2 Å². The molecule has 8 nitrogen and oxygen atoms in total. The van der Waals surface area contributed by atoms with Crippen LogP contribution in [0.15, 0.2) is 18.2 Å². The highest BCUT2D eigenvalue weighted by Gasteiger charge is 2.39. The van der Waals surface area contributed by atoms with Crippen LogP contribution in [-0.2, 0) is 22.7 Å². The van der Waals surface area contributed by atoms with E-state index in [1.807, 2.05) is 12.1 Å². The van der Waals surface area contributed by atoms with Gasteiger partial charge in [0.1, 0.15) is 6.04 Å². The van der Waals surface area contributed by atoms with Gasteiger partial charge in [-0.15, -0.1) is 0 Å². The fourth-order valence-corrected chi connectivity index (χ4v) is 6.01. The Kier molecular flexibility index (Phi) is 6.49. The van der Waals surface area contributed by atoms with Gasteiger partial charge < -0.3 is 20.9 Å². The highest BCUT2D eigenvalue weighted by Crippen LogP contribution is 2.30. The SMILES string of the molecule is NC1CCC(N2CCC(NCc3cccc4c3CN(C3CCC(=O)NC3=O)C4=O)CC2)CC1. The van der Waals surface area contributed by atoms with Crippen molar-refractivity contribution in [3.8, 4) is 0 Å². The van der Waals surface area contributed by atoms with Crippen molar-refractivity contribution in [2.45, 2.75) is 88.6 Å². The molecule has 4 aliphatic rings. The number of nitrogens with zero attached hydrogens (tertiary/aromatic N) is 2. The molecule has 4 N–H and O–H groups in total. The maximum atomic E-state index is 13.0. The van der Waals surface area contributed by atoms with Gasteiger partial charge in [0.2, 0.25) is 11.8 Å². The van der Waals surface area contributed by atoms with Crippen molar-refractivity contribution in [2.24, 2.45) is 5.73 Å². The molecule has 1 aliphatic carbocycles. The molecule has 0 spiro atoms. The lowest BCUT2D eigenvalue weighted by atomic mass is 9.89. The Bertz CT molecular complexity index is 919. The van der Waals surface area contributed by atoms with Crippen LogP contribution in [0.1, 0.15) is 72.9 Å². The summed E-state index contributed by atoms with van der Waals surface area (Å²) in [5.74, 6) is -0.732. The number of carbonyl (C=O) groups is 3. The summed E-state index contributed by atoms with van der Waals surface area (Å²) in [5.41, 5.74) is 8.89. The van der Waals surface area contributed by atoms with Crippen LogP contribution in [0.5, 0.6) is 0 Å². The lowest BCUT2D eigenvalue weighted by Gasteiger charge is -2.40. The quantitative estimate of drug-likeness (QED) is 0.580. The highest BCUT2D eigenvalue weighted by atomic mass is 16.2. The molecule has 1 unspecified atom stereocenters. The number of hydrogen-bond acceptors (Lipinski definition) is 6. The molecule has 0 radical (unpaired) electrons. The van der Waals surface area contributed by atoms with E-state index < -0.39 is 6.04 Å². The van der Waals surface area contributed by atoms with Gasteiger partial charge in [0, 0.05) is 43.2 Å². The molecule has 0 bridgehead atoms. The first-order valence-electron chi connectivity index (χ1n) is 12.5. The van der Waals surface area contributed by atoms with Crippen molar-refractivity contribution in [2.75, 3.05) is 13.1 Å². The minimum absolute atomic E-state index is 0.109. The second-order valence-corrected chi connectivity index (χ2v) is 10.1. The van der Waals surface area contributed by atoms with Gasteiger partial charge >= 0.3 is 0 Å². The number of fused-ring (bicyclic) bond motifs is 1. The molecule has 1 atom stereocenters. The highest BCUT2D eigenvalue weighted by molar-refractivity contribution is 6.05. The van der Waals surface area contributed by atoms with Crippen LogP contribution in [0.3, 0.4) is 0 Å². The van der Waals surface area contributed by atoms with Gasteiger partial charge in [-0.2, -0.15) is 0 Å². The standard InChI is InChI=1S/C25H35N5O3/c26-17-4-6-19(7-5-17)29-12-10-18(11-13-29)27-14-16-2-1-3-20-21(16)15-30(25(20)33)22-8-9-23(31)28-24(22)32/h1-3,17-19,22,27H,4-15,26H2,(H,28,31,32). The Labute approximate surface area is 195 Å². The molecule has 2 saturated heterocycles. The van der Waals surface area contributed by atoms with Gasteiger partial charge in [-0.25, -0.2) is 0 Å². The Morgan fingerprint density at radius 2 is 1.76 bits per heavy atom. The Morgan fingerprint density at radius 1 is 1.00 bits per heavy atom. The van der Waals surface area contributed by atoms with E-state index in [9.17, 15) is 14.4 Å². The zero-order valence-corrected chi connectivity index (χ0v) is 19.2. The molecule has 3 heterocycles. The van der Waals surface area contributed by atoms with Crippen LogP contribution >= 0.6 is 0 Å². The normalized spacial score (nSPS) is 29.3. The van der Waals surface area contributed by atoms with E-state index in [0.717, 1.165) is 56.4 Å². The smallest absolute Gasteiger partial charge is 0.255 e. The predicted molar refractivity (Wildman–Crippen MR) is 124 cm³/mol. The molecule has 3 fully saturated rings. The van der Waals surface area contributed by atoms with Crippen LogP contribution in [0.25, 0.3) is 0 Å². The number of nitrogens with two attached hydrogens (primary N) is 1. The minimum atomic E-state index is -0.568. The molecule has 3 aliphatic heterocycles. The predicted octanol–water partition coefficient (Wildman–Crippen LogP) is 1.27. The van der Waals surface area contributed by atoms with Crippen molar-refractivity contribution in [1.82, 2.24) is 20.4 Å². The van der Waals surface area contributed by atoms with Crippen LogP contribution in [0.4, 0.5) is 0 Å². The number of rotatable bonds is 5. The van der Waals surface area contributed by atoms with Gasteiger partial charge in [0.05, 0.1) is 0 Å². The maximum Gasteiger partial charge on any atom is 0.255 e. The van der Waals surface area contributed by atoms with Crippen molar-refractivity contribution >= 4 is 17.7 Å². The zero-order chi connectivity index (χ0) is 22.9. The fourth-order valence-electron chi connectivity index (χ4n) is 6.01. The van der Waals surface area contributed by atoms with E-state index in [-0.39, 0.29) is 24.1 Å². The first kappa shape index (κ1) is 22.5. The third kappa shape index (κ3) is 4.69. The number of hydrogen-bond donors (Lipinski definition) is 3. The summed E-state index contributed by atoms with van der Waals surface area (Å²) in [4.78, 5) is 41.1. The van der Waals surface area contributed by atoms with Gasteiger partial charge in [0.25, 0.3) is 5.91 Å². The largest absolute Gasteiger partial charge is 0.328 e. The fraction of sp³-hybridized carbons (Fsp3) is 0.640. The lowest BCUT2D eigenvalue weighted by Crippen LogP contribution is -2.52. The first-order valence-corrected chi connectivity index (χ1v) is 12.5. The van der Waals surface area contributed by atoms with E-state index in [1.165, 1.54) is 12.8 Å². The van der Waals surface area contributed by atoms with E-state index >= 15 is 0 Å². The minimum Gasteiger partial charge on any atom is -0.328 e. The average molecular weight is 454 g/mol. The summed E-state index contributed by atoms with van der Waals surface area (Å²) in [6.07, 6.45) is 7.70. The summed E-state index contributed by atoms with van der Waals surface area (Å²) in [5, 5.41) is 6.09. The monoisotopic (exact) mass is 453 g/mol. The molecule has 1 saturated carbocycles. The average Bonchev–Trinajstić information content (AvgIpc) is 3.15. The van der Waals surface area contributed by atoms with Crippen LogP contribution < -0.4 is 16.4 Å². The van der Waals surface area contributed by atoms with Gasteiger partial charge in [-0.3, -0.25) is 19.7 Å². The van der Waals surface area contributed by atoms with Crippen molar-refractivity contribution in [3.63, 3.8) is 0 Å². The summed E-state index contributed by atoms with van der Waals surface area (Å²) in [7, 11) is 0. The van der Waals surface area contributed by atoms with Crippen molar-refractivity contribution < 1.29 is 14.4 Å². The number of benzene rings is 1. The molecular weight excluding hydrogens is 418 g/mol. The summed E-state index contributed by atoms with van der Waals surface area (Å²) >= 11 is 0. The molecule has 1 aromatic carbocycles. The second-order valence-electron chi connectivity index (χ2n) is 10.1. The lowest BCUT2D eigenvalue weighted by molar-refractivity contribution is -0.136. The molecular formula is C25H35N5O3. The van der Waals surface area contributed by atoms with Gasteiger partial charge in [-0.1, -0.05) is 12.1 Å². The van der Waals surface area contributed by atoms with Crippen molar-refractivity contribution in [3.05, 3.63) is 34.9 Å².